The van der Waals surface area contributed by atoms with Crippen LogP contribution in [0, 0.1) is 11.6 Å². The van der Waals surface area contributed by atoms with Gasteiger partial charge >= 0.3 is 0 Å². The fourth-order valence-electron chi connectivity index (χ4n) is 2.50. The predicted octanol–water partition coefficient (Wildman–Crippen LogP) is 4.36. The van der Waals surface area contributed by atoms with Gasteiger partial charge < -0.3 is 9.88 Å². The van der Waals surface area contributed by atoms with Crippen molar-refractivity contribution in [1.29, 1.82) is 0 Å². The van der Waals surface area contributed by atoms with Crippen molar-refractivity contribution in [2.45, 2.75) is 30.8 Å². The van der Waals surface area contributed by atoms with E-state index in [2.05, 4.69) is 15.5 Å². The molecule has 3 aromatic rings. The zero-order valence-corrected chi connectivity index (χ0v) is 15.6. The highest BCUT2D eigenvalue weighted by Crippen LogP contribution is 2.27. The summed E-state index contributed by atoms with van der Waals surface area (Å²) < 4.78 is 28.6. The summed E-state index contributed by atoms with van der Waals surface area (Å²) in [4.78, 5) is 12.4. The minimum Gasteiger partial charge on any atom is -0.323 e. The molecule has 1 heterocycles. The van der Waals surface area contributed by atoms with Crippen LogP contribution in [0.25, 0.3) is 11.4 Å². The fourth-order valence-corrected chi connectivity index (χ4v) is 3.41. The summed E-state index contributed by atoms with van der Waals surface area (Å²) in [6, 6.07) is 12.7. The van der Waals surface area contributed by atoms with Gasteiger partial charge in [-0.3, -0.25) is 4.79 Å². The monoisotopic (exact) mass is 388 g/mol. The van der Waals surface area contributed by atoms with Gasteiger partial charge in [-0.2, -0.15) is 0 Å². The zero-order valence-electron chi connectivity index (χ0n) is 14.8. The standard InChI is InChI=1S/C19H18F2N4OS/c1-3-25-17(13-7-5-4-6-8-13)23-24-19(25)27-12(2)18(26)22-16-10-9-14(20)11-15(16)21/h4-12H,3H2,1-2H3,(H,22,26). The zero-order chi connectivity index (χ0) is 19.4. The van der Waals surface area contributed by atoms with Gasteiger partial charge in [0.1, 0.15) is 11.6 Å². The molecule has 0 aliphatic carbocycles. The molecule has 8 heteroatoms. The SMILES string of the molecule is CCn1c(SC(C)C(=O)Nc2ccc(F)cc2F)nnc1-c1ccccc1. The lowest BCUT2D eigenvalue weighted by Crippen LogP contribution is -2.23. The van der Waals surface area contributed by atoms with Gasteiger partial charge in [-0.25, -0.2) is 8.78 Å². The largest absolute Gasteiger partial charge is 0.323 e. The third kappa shape index (κ3) is 4.33. The van der Waals surface area contributed by atoms with E-state index in [4.69, 9.17) is 0 Å². The summed E-state index contributed by atoms with van der Waals surface area (Å²) in [6.07, 6.45) is 0. The smallest absolute Gasteiger partial charge is 0.237 e. The maximum atomic E-state index is 13.7. The number of carbonyl (C=O) groups excluding carboxylic acids is 1. The Bertz CT molecular complexity index is 946. The third-order valence-electron chi connectivity index (χ3n) is 3.91. The molecular formula is C19H18F2N4OS. The average Bonchev–Trinajstić information content (AvgIpc) is 3.07. The minimum absolute atomic E-state index is 0.0595. The van der Waals surface area contributed by atoms with Crippen LogP contribution in [0.5, 0.6) is 0 Å². The Morgan fingerprint density at radius 3 is 2.59 bits per heavy atom. The number of hydrogen-bond acceptors (Lipinski definition) is 4. The summed E-state index contributed by atoms with van der Waals surface area (Å²) in [6.45, 7) is 4.30. The molecule has 0 fully saturated rings. The number of carbonyl (C=O) groups is 1. The Labute approximate surface area is 159 Å². The lowest BCUT2D eigenvalue weighted by Gasteiger charge is -2.13. The van der Waals surface area contributed by atoms with Gasteiger partial charge in [-0.15, -0.1) is 10.2 Å². The molecule has 0 spiro atoms. The average molecular weight is 388 g/mol. The molecule has 1 atom stereocenters. The van der Waals surface area contributed by atoms with Gasteiger partial charge in [-0.05, 0) is 26.0 Å². The van der Waals surface area contributed by atoms with Crippen LogP contribution in [0.2, 0.25) is 0 Å². The number of hydrogen-bond donors (Lipinski definition) is 1. The van der Waals surface area contributed by atoms with Crippen molar-refractivity contribution in [3.8, 4) is 11.4 Å². The molecule has 1 N–H and O–H groups in total. The summed E-state index contributed by atoms with van der Waals surface area (Å²) in [5.41, 5.74) is 0.875. The van der Waals surface area contributed by atoms with Crippen molar-refractivity contribution in [3.05, 3.63) is 60.2 Å². The Hall–Kier alpha value is -2.74. The first kappa shape index (κ1) is 19.0. The topological polar surface area (TPSA) is 59.8 Å². The second-order valence-electron chi connectivity index (χ2n) is 5.79. The van der Waals surface area contributed by atoms with Gasteiger partial charge in [0, 0.05) is 18.2 Å². The Morgan fingerprint density at radius 2 is 1.93 bits per heavy atom. The van der Waals surface area contributed by atoms with Gasteiger partial charge in [0.15, 0.2) is 11.0 Å². The Balaban J connectivity index is 1.75. The van der Waals surface area contributed by atoms with Crippen molar-refractivity contribution < 1.29 is 13.6 Å². The van der Waals surface area contributed by atoms with Crippen molar-refractivity contribution in [2.24, 2.45) is 0 Å². The van der Waals surface area contributed by atoms with E-state index in [1.165, 1.54) is 17.8 Å². The molecule has 0 aliphatic rings. The molecule has 3 rings (SSSR count). The number of aromatic nitrogens is 3. The number of nitrogens with zero attached hydrogens (tertiary/aromatic N) is 3. The van der Waals surface area contributed by atoms with Crippen LogP contribution in [-0.4, -0.2) is 25.9 Å². The molecule has 0 bridgehead atoms. The molecule has 1 amide bonds. The number of anilines is 1. The van der Waals surface area contributed by atoms with Crippen LogP contribution in [0.4, 0.5) is 14.5 Å². The molecular weight excluding hydrogens is 370 g/mol. The normalized spacial score (nSPS) is 12.0. The molecule has 5 nitrogen and oxygen atoms in total. The van der Waals surface area contributed by atoms with Crippen molar-refractivity contribution >= 4 is 23.4 Å². The van der Waals surface area contributed by atoms with Crippen LogP contribution >= 0.6 is 11.8 Å². The van der Waals surface area contributed by atoms with E-state index in [1.807, 2.05) is 41.8 Å². The predicted molar refractivity (Wildman–Crippen MR) is 101 cm³/mol. The maximum Gasteiger partial charge on any atom is 0.237 e. The van der Waals surface area contributed by atoms with E-state index < -0.39 is 22.8 Å². The number of nitrogens with one attached hydrogen (secondary N) is 1. The first-order chi connectivity index (χ1) is 13.0. The quantitative estimate of drug-likeness (QED) is 0.638. The number of halogens is 2. The second-order valence-corrected chi connectivity index (χ2v) is 7.10. The van der Waals surface area contributed by atoms with Gasteiger partial charge in [0.2, 0.25) is 5.91 Å². The summed E-state index contributed by atoms with van der Waals surface area (Å²) >= 11 is 1.23. The van der Waals surface area contributed by atoms with E-state index in [9.17, 15) is 13.6 Å². The maximum absolute atomic E-state index is 13.7. The Morgan fingerprint density at radius 1 is 1.19 bits per heavy atom. The lowest BCUT2D eigenvalue weighted by molar-refractivity contribution is -0.115. The summed E-state index contributed by atoms with van der Waals surface area (Å²) in [5, 5.41) is 11.0. The van der Waals surface area contributed by atoms with Gasteiger partial charge in [0.05, 0.1) is 10.9 Å². The highest BCUT2D eigenvalue weighted by atomic mass is 32.2. The van der Waals surface area contributed by atoms with E-state index in [0.29, 0.717) is 11.7 Å². The molecule has 2 aromatic carbocycles. The van der Waals surface area contributed by atoms with Crippen LogP contribution < -0.4 is 5.32 Å². The first-order valence-corrected chi connectivity index (χ1v) is 9.28. The van der Waals surface area contributed by atoms with Crippen LogP contribution in [-0.2, 0) is 11.3 Å². The molecule has 140 valence electrons. The minimum atomic E-state index is -0.816. The lowest BCUT2D eigenvalue weighted by atomic mass is 10.2. The molecule has 0 aliphatic heterocycles. The van der Waals surface area contributed by atoms with Crippen LogP contribution in [0.1, 0.15) is 13.8 Å². The number of amides is 1. The van der Waals surface area contributed by atoms with Crippen molar-refractivity contribution in [3.63, 3.8) is 0 Å². The molecule has 0 saturated heterocycles. The van der Waals surface area contributed by atoms with Crippen molar-refractivity contribution in [2.75, 3.05) is 5.32 Å². The van der Waals surface area contributed by atoms with E-state index in [-0.39, 0.29) is 5.69 Å². The van der Waals surface area contributed by atoms with Gasteiger partial charge in [-0.1, -0.05) is 42.1 Å². The third-order valence-corrected chi connectivity index (χ3v) is 4.99. The molecule has 0 saturated carbocycles. The van der Waals surface area contributed by atoms with Crippen molar-refractivity contribution in [1.82, 2.24) is 14.8 Å². The molecule has 0 radical (unpaired) electrons. The van der Waals surface area contributed by atoms with E-state index >= 15 is 0 Å². The summed E-state index contributed by atoms with van der Waals surface area (Å²) in [7, 11) is 0. The molecule has 27 heavy (non-hydrogen) atoms. The molecule has 1 unspecified atom stereocenters. The number of benzene rings is 2. The number of rotatable bonds is 6. The Kier molecular flexibility index (Phi) is 5.85. The number of thioether (sulfide) groups is 1. The summed E-state index contributed by atoms with van der Waals surface area (Å²) in [5.74, 6) is -1.20. The van der Waals surface area contributed by atoms with Gasteiger partial charge in [0.25, 0.3) is 0 Å². The second kappa shape index (κ2) is 8.30. The highest BCUT2D eigenvalue weighted by molar-refractivity contribution is 8.00. The van der Waals surface area contributed by atoms with Crippen LogP contribution in [0.3, 0.4) is 0 Å². The molecule has 1 aromatic heterocycles. The highest BCUT2D eigenvalue weighted by Gasteiger charge is 2.21. The fraction of sp³-hybridized carbons (Fsp3) is 0.211. The van der Waals surface area contributed by atoms with E-state index in [0.717, 1.165) is 23.5 Å². The van der Waals surface area contributed by atoms with Crippen LogP contribution in [0.15, 0.2) is 53.7 Å². The van der Waals surface area contributed by atoms with E-state index in [1.54, 1.807) is 6.92 Å². The first-order valence-electron chi connectivity index (χ1n) is 8.40.